The van der Waals surface area contributed by atoms with Crippen LogP contribution in [0.5, 0.6) is 0 Å². The minimum absolute atomic E-state index is 0.0732. The number of halogens is 1. The molecule has 2 N–H and O–H groups in total. The van der Waals surface area contributed by atoms with Crippen molar-refractivity contribution in [3.63, 3.8) is 0 Å². The van der Waals surface area contributed by atoms with Gasteiger partial charge in [-0.3, -0.25) is 4.79 Å². The van der Waals surface area contributed by atoms with Gasteiger partial charge in [-0.2, -0.15) is 5.10 Å². The molecule has 0 atom stereocenters. The molecule has 1 aliphatic rings. The first-order valence-electron chi connectivity index (χ1n) is 10.7. The number of hydrogen-bond donors (Lipinski definition) is 2. The van der Waals surface area contributed by atoms with Gasteiger partial charge in [-0.05, 0) is 30.5 Å². The lowest BCUT2D eigenvalue weighted by Crippen LogP contribution is -2.43. The number of nitrogens with zero attached hydrogens (tertiary/aromatic N) is 5. The highest BCUT2D eigenvalue weighted by atomic mass is 32.2. The summed E-state index contributed by atoms with van der Waals surface area (Å²) in [5, 5.41) is 11.3. The summed E-state index contributed by atoms with van der Waals surface area (Å²) in [6, 6.07) is 6.23. The zero-order valence-electron chi connectivity index (χ0n) is 18.2. The maximum absolute atomic E-state index is 13.1. The molecular weight excluding hydrogens is 449 g/mol. The number of aromatic nitrogens is 4. The van der Waals surface area contributed by atoms with Crippen molar-refractivity contribution in [2.75, 3.05) is 31.2 Å². The van der Waals surface area contributed by atoms with Crippen LogP contribution >= 0.6 is 0 Å². The highest BCUT2D eigenvalue weighted by Gasteiger charge is 2.28. The molecule has 0 bridgehead atoms. The average molecular weight is 476 g/mol. The molecule has 4 rings (SSSR count). The van der Waals surface area contributed by atoms with Crippen molar-refractivity contribution in [1.82, 2.24) is 29.4 Å². The minimum atomic E-state index is -3.21. The Morgan fingerprint density at radius 1 is 1.18 bits per heavy atom. The molecule has 3 heterocycles. The van der Waals surface area contributed by atoms with E-state index in [-0.39, 0.29) is 17.6 Å². The summed E-state index contributed by atoms with van der Waals surface area (Å²) in [6.07, 6.45) is 5.33. The Balaban J connectivity index is 1.31. The third-order valence-corrected chi connectivity index (χ3v) is 7.03. The molecular formula is C21H26FN7O3S. The van der Waals surface area contributed by atoms with Gasteiger partial charge in [0, 0.05) is 32.1 Å². The lowest BCUT2D eigenvalue weighted by atomic mass is 9.97. The van der Waals surface area contributed by atoms with E-state index in [1.54, 1.807) is 23.0 Å². The van der Waals surface area contributed by atoms with Crippen LogP contribution in [-0.4, -0.2) is 64.3 Å². The molecule has 3 aromatic rings. The number of sulfonamides is 1. The van der Waals surface area contributed by atoms with Crippen LogP contribution in [0, 0.1) is 11.7 Å². The normalized spacial score (nSPS) is 15.6. The lowest BCUT2D eigenvalue weighted by molar-refractivity contribution is -0.126. The number of anilines is 1. The smallest absolute Gasteiger partial charge is 0.223 e. The molecule has 0 spiro atoms. The molecule has 0 radical (unpaired) electrons. The number of carbonyl (C=O) groups is 1. The van der Waals surface area contributed by atoms with Crippen LogP contribution in [-0.2, 0) is 27.9 Å². The van der Waals surface area contributed by atoms with Crippen molar-refractivity contribution in [1.29, 1.82) is 0 Å². The zero-order chi connectivity index (χ0) is 23.4. The first kappa shape index (κ1) is 23.1. The minimum Gasteiger partial charge on any atom is -0.365 e. The largest absolute Gasteiger partial charge is 0.365 e. The van der Waals surface area contributed by atoms with Crippen LogP contribution < -0.4 is 10.6 Å². The molecule has 12 heteroatoms. The molecule has 1 saturated heterocycles. The molecule has 176 valence electrons. The van der Waals surface area contributed by atoms with Crippen LogP contribution in [0.1, 0.15) is 18.4 Å². The SMILES string of the molecule is CS(=O)(=O)N1CCC(C(=O)NCCn2ncc3c(NCc4ccc(F)cc4)ncnc32)CC1. The van der Waals surface area contributed by atoms with Crippen molar-refractivity contribution in [2.45, 2.75) is 25.9 Å². The monoisotopic (exact) mass is 475 g/mol. The number of hydrogen-bond acceptors (Lipinski definition) is 7. The molecule has 1 fully saturated rings. The molecule has 1 aliphatic heterocycles. The van der Waals surface area contributed by atoms with E-state index in [2.05, 4.69) is 25.7 Å². The molecule has 0 saturated carbocycles. The summed E-state index contributed by atoms with van der Waals surface area (Å²) in [5.74, 6) is 0.0750. The van der Waals surface area contributed by atoms with E-state index < -0.39 is 10.0 Å². The Bertz CT molecular complexity index is 1220. The van der Waals surface area contributed by atoms with Gasteiger partial charge >= 0.3 is 0 Å². The van der Waals surface area contributed by atoms with Gasteiger partial charge in [0.2, 0.25) is 15.9 Å². The summed E-state index contributed by atoms with van der Waals surface area (Å²) < 4.78 is 39.4. The Kier molecular flexibility index (Phi) is 6.84. The second kappa shape index (κ2) is 9.79. The zero-order valence-corrected chi connectivity index (χ0v) is 19.1. The third kappa shape index (κ3) is 5.63. The first-order valence-corrected chi connectivity index (χ1v) is 12.5. The topological polar surface area (TPSA) is 122 Å². The quantitative estimate of drug-likeness (QED) is 0.504. The van der Waals surface area contributed by atoms with Crippen LogP contribution in [0.2, 0.25) is 0 Å². The summed E-state index contributed by atoms with van der Waals surface area (Å²) >= 11 is 0. The summed E-state index contributed by atoms with van der Waals surface area (Å²) in [7, 11) is -3.21. The number of fused-ring (bicyclic) bond motifs is 1. The van der Waals surface area contributed by atoms with Crippen molar-refractivity contribution in [2.24, 2.45) is 5.92 Å². The Morgan fingerprint density at radius 3 is 2.61 bits per heavy atom. The van der Waals surface area contributed by atoms with Gasteiger partial charge in [-0.15, -0.1) is 0 Å². The second-order valence-electron chi connectivity index (χ2n) is 8.03. The van der Waals surface area contributed by atoms with Crippen LogP contribution in [0.15, 0.2) is 36.8 Å². The van der Waals surface area contributed by atoms with Gasteiger partial charge in [-0.1, -0.05) is 12.1 Å². The third-order valence-electron chi connectivity index (χ3n) is 5.72. The predicted molar refractivity (Wildman–Crippen MR) is 121 cm³/mol. The van der Waals surface area contributed by atoms with Crippen molar-refractivity contribution in [3.05, 3.63) is 48.2 Å². The van der Waals surface area contributed by atoms with E-state index in [4.69, 9.17) is 0 Å². The molecule has 1 aromatic carbocycles. The fourth-order valence-electron chi connectivity index (χ4n) is 3.86. The number of carbonyl (C=O) groups excluding carboxylic acids is 1. The van der Waals surface area contributed by atoms with Gasteiger partial charge in [0.05, 0.1) is 24.4 Å². The molecule has 0 unspecified atom stereocenters. The number of piperidine rings is 1. The Hall–Kier alpha value is -3.12. The number of rotatable bonds is 8. The number of benzene rings is 1. The molecule has 2 aromatic heterocycles. The lowest BCUT2D eigenvalue weighted by Gasteiger charge is -2.29. The molecule has 1 amide bonds. The fourth-order valence-corrected chi connectivity index (χ4v) is 4.74. The molecule has 0 aliphatic carbocycles. The fraction of sp³-hybridized carbons (Fsp3) is 0.429. The van der Waals surface area contributed by atoms with Crippen LogP contribution in [0.4, 0.5) is 10.2 Å². The van der Waals surface area contributed by atoms with Crippen molar-refractivity contribution in [3.8, 4) is 0 Å². The van der Waals surface area contributed by atoms with E-state index >= 15 is 0 Å². The first-order chi connectivity index (χ1) is 15.8. The van der Waals surface area contributed by atoms with Gasteiger partial charge in [-0.25, -0.2) is 31.8 Å². The van der Waals surface area contributed by atoms with E-state index in [1.807, 2.05) is 0 Å². The van der Waals surface area contributed by atoms with Crippen molar-refractivity contribution < 1.29 is 17.6 Å². The summed E-state index contributed by atoms with van der Waals surface area (Å²) in [4.78, 5) is 21.1. The summed E-state index contributed by atoms with van der Waals surface area (Å²) in [5.41, 5.74) is 1.56. The molecule has 10 nitrogen and oxygen atoms in total. The van der Waals surface area contributed by atoms with Gasteiger partial charge < -0.3 is 10.6 Å². The second-order valence-corrected chi connectivity index (χ2v) is 10.0. The Labute approximate surface area is 191 Å². The maximum atomic E-state index is 13.1. The van der Waals surface area contributed by atoms with Gasteiger partial charge in [0.1, 0.15) is 18.0 Å². The average Bonchev–Trinajstić information content (AvgIpc) is 3.22. The maximum Gasteiger partial charge on any atom is 0.223 e. The van der Waals surface area contributed by atoms with E-state index in [0.29, 0.717) is 57.0 Å². The van der Waals surface area contributed by atoms with E-state index in [9.17, 15) is 17.6 Å². The Morgan fingerprint density at radius 2 is 1.91 bits per heavy atom. The highest BCUT2D eigenvalue weighted by molar-refractivity contribution is 7.88. The van der Waals surface area contributed by atoms with Crippen LogP contribution in [0.3, 0.4) is 0 Å². The highest BCUT2D eigenvalue weighted by Crippen LogP contribution is 2.20. The predicted octanol–water partition coefficient (Wildman–Crippen LogP) is 1.37. The van der Waals surface area contributed by atoms with E-state index in [0.717, 1.165) is 10.9 Å². The number of amides is 1. The van der Waals surface area contributed by atoms with Gasteiger partial charge in [0.25, 0.3) is 0 Å². The van der Waals surface area contributed by atoms with E-state index in [1.165, 1.54) is 29.0 Å². The number of nitrogens with one attached hydrogen (secondary N) is 2. The standard InChI is InChI=1S/C21H26FN7O3S/c1-33(31,32)28-9-6-16(7-10-28)21(30)23-8-11-29-20-18(13-27-29)19(25-14-26-20)24-12-15-2-4-17(22)5-3-15/h2-5,13-14,16H,6-12H2,1H3,(H,23,30)(H,24,25,26). The molecule has 33 heavy (non-hydrogen) atoms. The summed E-state index contributed by atoms with van der Waals surface area (Å²) in [6.45, 7) is 2.03. The van der Waals surface area contributed by atoms with Gasteiger partial charge in [0.15, 0.2) is 5.65 Å². The van der Waals surface area contributed by atoms with Crippen molar-refractivity contribution >= 4 is 32.8 Å². The van der Waals surface area contributed by atoms with Crippen LogP contribution in [0.25, 0.3) is 11.0 Å².